The molecule has 2 bridgehead atoms. The van der Waals surface area contributed by atoms with Crippen molar-refractivity contribution in [1.29, 1.82) is 0 Å². The van der Waals surface area contributed by atoms with E-state index in [-0.39, 0.29) is 13.2 Å². The van der Waals surface area contributed by atoms with E-state index >= 15 is 0 Å². The lowest BCUT2D eigenvalue weighted by molar-refractivity contribution is -0.206. The summed E-state index contributed by atoms with van der Waals surface area (Å²) in [5.41, 5.74) is -3.51. The van der Waals surface area contributed by atoms with Crippen LogP contribution in [0.1, 0.15) is 32.8 Å². The summed E-state index contributed by atoms with van der Waals surface area (Å²) in [6, 6.07) is 1.80. The van der Waals surface area contributed by atoms with Crippen LogP contribution in [-0.2, 0) is 32.2 Å². The molecule has 3 atom stereocenters. The molecule has 0 aromatic carbocycles. The van der Waals surface area contributed by atoms with E-state index in [2.05, 4.69) is 0 Å². The van der Waals surface area contributed by atoms with E-state index in [0.717, 1.165) is 12.5 Å². The molecule has 0 fully saturated rings. The van der Waals surface area contributed by atoms with Crippen molar-refractivity contribution in [2.24, 2.45) is 5.92 Å². The standard InChI is InChI=1S/C16H23NO6/c1-11-13(18)22-8-4-6-17-7-5-12(9-17)10-23-14(19)16(3,21)15(11,2)20/h5,7,9,11,20-21H,4,6,8,10H2,1-3H3/t11-,15+,16-/m0/s1. The summed E-state index contributed by atoms with van der Waals surface area (Å²) in [4.78, 5) is 24.3. The zero-order valence-electron chi connectivity index (χ0n) is 13.6. The molecule has 0 amide bonds. The van der Waals surface area contributed by atoms with Crippen LogP contribution in [0.25, 0.3) is 0 Å². The zero-order chi connectivity index (χ0) is 17.3. The minimum atomic E-state index is -2.25. The molecule has 0 spiro atoms. The van der Waals surface area contributed by atoms with Crippen molar-refractivity contribution >= 4 is 11.9 Å². The predicted molar refractivity (Wildman–Crippen MR) is 80.2 cm³/mol. The smallest absolute Gasteiger partial charge is 0.341 e. The number of rotatable bonds is 0. The van der Waals surface area contributed by atoms with Crippen LogP contribution in [0.4, 0.5) is 0 Å². The van der Waals surface area contributed by atoms with E-state index in [1.54, 1.807) is 6.07 Å². The summed E-state index contributed by atoms with van der Waals surface area (Å²) >= 11 is 0. The van der Waals surface area contributed by atoms with Crippen molar-refractivity contribution in [1.82, 2.24) is 4.57 Å². The number of fused-ring (bicyclic) bond motifs is 2. The Morgan fingerprint density at radius 2 is 1.96 bits per heavy atom. The number of aliphatic hydroxyl groups is 2. The van der Waals surface area contributed by atoms with Gasteiger partial charge in [0.15, 0.2) is 5.60 Å². The number of cyclic esters (lactones) is 2. The van der Waals surface area contributed by atoms with Crippen LogP contribution in [0.3, 0.4) is 0 Å². The van der Waals surface area contributed by atoms with Gasteiger partial charge in [0.05, 0.1) is 12.5 Å². The first-order valence-electron chi connectivity index (χ1n) is 7.59. The number of esters is 2. The highest BCUT2D eigenvalue weighted by Crippen LogP contribution is 2.32. The van der Waals surface area contributed by atoms with Gasteiger partial charge in [-0.2, -0.15) is 0 Å². The number of hydrogen-bond acceptors (Lipinski definition) is 6. The summed E-state index contributed by atoms with van der Waals surface area (Å²) in [5.74, 6) is -2.76. The van der Waals surface area contributed by atoms with Gasteiger partial charge in [-0.1, -0.05) is 0 Å². The fourth-order valence-corrected chi connectivity index (χ4v) is 2.41. The molecule has 0 saturated carbocycles. The number of nitrogens with zero attached hydrogens (tertiary/aromatic N) is 1. The summed E-state index contributed by atoms with van der Waals surface area (Å²) in [6.07, 6.45) is 4.27. The number of hydrogen-bond donors (Lipinski definition) is 2. The van der Waals surface area contributed by atoms with E-state index < -0.39 is 29.1 Å². The molecule has 7 nitrogen and oxygen atoms in total. The molecule has 0 saturated heterocycles. The van der Waals surface area contributed by atoms with Crippen LogP contribution >= 0.6 is 0 Å². The predicted octanol–water partition coefficient (Wildman–Crippen LogP) is 0.616. The third-order valence-electron chi connectivity index (χ3n) is 4.57. The summed E-state index contributed by atoms with van der Waals surface area (Å²) in [7, 11) is 0. The van der Waals surface area contributed by atoms with Gasteiger partial charge in [0.25, 0.3) is 0 Å². The lowest BCUT2D eigenvalue weighted by atomic mass is 9.76. The Morgan fingerprint density at radius 3 is 2.65 bits per heavy atom. The SMILES string of the molecule is C[C@H]1C(=O)OCCCn2ccc(c2)COC(=O)[C@](C)(O)[C@]1(C)O. The van der Waals surface area contributed by atoms with Crippen molar-refractivity contribution in [2.45, 2.75) is 51.5 Å². The number of aryl methyl sites for hydroxylation is 1. The van der Waals surface area contributed by atoms with Gasteiger partial charge in [-0.25, -0.2) is 4.79 Å². The van der Waals surface area contributed by atoms with Crippen molar-refractivity contribution < 1.29 is 29.3 Å². The summed E-state index contributed by atoms with van der Waals surface area (Å²) in [5, 5.41) is 21.0. The molecule has 1 aliphatic rings. The molecular formula is C16H23NO6. The first-order valence-corrected chi connectivity index (χ1v) is 7.59. The highest BCUT2D eigenvalue weighted by molar-refractivity contribution is 5.83. The fourth-order valence-electron chi connectivity index (χ4n) is 2.41. The van der Waals surface area contributed by atoms with Crippen LogP contribution in [0, 0.1) is 5.92 Å². The van der Waals surface area contributed by atoms with Gasteiger partial charge >= 0.3 is 11.9 Å². The largest absolute Gasteiger partial charge is 0.465 e. The second kappa shape index (κ2) is 6.33. The van der Waals surface area contributed by atoms with Gasteiger partial charge in [0, 0.05) is 24.5 Å². The Hall–Kier alpha value is -1.86. The van der Waals surface area contributed by atoms with Crippen LogP contribution in [-0.4, -0.2) is 44.5 Å². The molecule has 1 aromatic heterocycles. The molecule has 0 radical (unpaired) electrons. The lowest BCUT2D eigenvalue weighted by Crippen LogP contribution is -2.61. The molecule has 128 valence electrons. The Morgan fingerprint density at radius 1 is 1.26 bits per heavy atom. The van der Waals surface area contributed by atoms with Crippen molar-refractivity contribution in [2.75, 3.05) is 6.61 Å². The molecule has 0 aliphatic carbocycles. The van der Waals surface area contributed by atoms with E-state index in [9.17, 15) is 19.8 Å². The second-order valence-electron chi connectivity index (χ2n) is 6.30. The number of carbonyl (C=O) groups excluding carboxylic acids is 2. The molecule has 2 heterocycles. The monoisotopic (exact) mass is 325 g/mol. The number of ether oxygens (including phenoxy) is 2. The average molecular weight is 325 g/mol. The van der Waals surface area contributed by atoms with Gasteiger partial charge in [0.2, 0.25) is 0 Å². The highest BCUT2D eigenvalue weighted by atomic mass is 16.6. The lowest BCUT2D eigenvalue weighted by Gasteiger charge is -2.39. The molecule has 0 unspecified atom stereocenters. The van der Waals surface area contributed by atoms with E-state index in [0.29, 0.717) is 13.0 Å². The molecule has 2 N–H and O–H groups in total. The van der Waals surface area contributed by atoms with Gasteiger partial charge in [0.1, 0.15) is 12.2 Å². The van der Waals surface area contributed by atoms with Crippen molar-refractivity contribution in [3.05, 3.63) is 24.0 Å². The van der Waals surface area contributed by atoms with Gasteiger partial charge in [-0.05, 0) is 33.3 Å². The van der Waals surface area contributed by atoms with Gasteiger partial charge < -0.3 is 24.3 Å². The topological polar surface area (TPSA) is 98.0 Å². The Balaban J connectivity index is 2.29. The highest BCUT2D eigenvalue weighted by Gasteiger charge is 2.55. The minimum Gasteiger partial charge on any atom is -0.465 e. The van der Waals surface area contributed by atoms with E-state index in [4.69, 9.17) is 9.47 Å². The molecule has 1 aromatic rings. The molecule has 23 heavy (non-hydrogen) atoms. The quantitative estimate of drug-likeness (QED) is 0.679. The first-order chi connectivity index (χ1) is 10.7. The minimum absolute atomic E-state index is 0.0170. The van der Waals surface area contributed by atoms with Crippen molar-refractivity contribution in [3.63, 3.8) is 0 Å². The van der Waals surface area contributed by atoms with E-state index in [1.807, 2.05) is 17.0 Å². The molecule has 7 heteroatoms. The summed E-state index contributed by atoms with van der Waals surface area (Å²) in [6.45, 7) is 4.60. The second-order valence-corrected chi connectivity index (χ2v) is 6.30. The van der Waals surface area contributed by atoms with Crippen LogP contribution < -0.4 is 0 Å². The maximum absolute atomic E-state index is 12.2. The molecular weight excluding hydrogens is 302 g/mol. The van der Waals surface area contributed by atoms with Gasteiger partial charge in [-0.15, -0.1) is 0 Å². The first kappa shape index (κ1) is 17.5. The maximum Gasteiger partial charge on any atom is 0.341 e. The zero-order valence-corrected chi connectivity index (χ0v) is 13.6. The van der Waals surface area contributed by atoms with Crippen LogP contribution in [0.5, 0.6) is 0 Å². The molecule has 2 rings (SSSR count). The van der Waals surface area contributed by atoms with Crippen LogP contribution in [0.2, 0.25) is 0 Å². The number of aromatic nitrogens is 1. The third kappa shape index (κ3) is 3.40. The normalized spacial score (nSPS) is 33.5. The number of carbonyl (C=O) groups is 2. The van der Waals surface area contributed by atoms with Gasteiger partial charge in [-0.3, -0.25) is 4.79 Å². The molecule has 1 aliphatic heterocycles. The van der Waals surface area contributed by atoms with E-state index in [1.165, 1.54) is 13.8 Å². The average Bonchev–Trinajstić information content (AvgIpc) is 2.94. The maximum atomic E-state index is 12.2. The Labute approximate surface area is 134 Å². The Bertz CT molecular complexity index is 589. The van der Waals surface area contributed by atoms with Crippen LogP contribution in [0.15, 0.2) is 18.5 Å². The third-order valence-corrected chi connectivity index (χ3v) is 4.57. The summed E-state index contributed by atoms with van der Waals surface area (Å²) < 4.78 is 12.1. The fraction of sp³-hybridized carbons (Fsp3) is 0.625. The van der Waals surface area contributed by atoms with Crippen molar-refractivity contribution in [3.8, 4) is 0 Å². The Kier molecular flexibility index (Phi) is 4.81.